The molecule has 0 bridgehead atoms. The molecule has 0 atom stereocenters. The van der Waals surface area contributed by atoms with Gasteiger partial charge in [-0.15, -0.1) is 0 Å². The van der Waals surface area contributed by atoms with Crippen molar-refractivity contribution in [1.29, 1.82) is 0 Å². The van der Waals surface area contributed by atoms with E-state index in [4.69, 9.17) is 23.4 Å². The van der Waals surface area contributed by atoms with E-state index < -0.39 is 21.5 Å². The molecular weight excluding hydrogens is 625 g/mol. The van der Waals surface area contributed by atoms with E-state index in [1.807, 2.05) is 54.7 Å². The Hall–Kier alpha value is -2.41. The van der Waals surface area contributed by atoms with Crippen LogP contribution in [0.2, 0.25) is 0 Å². The molecule has 2 heterocycles. The van der Waals surface area contributed by atoms with Gasteiger partial charge in [0.1, 0.15) is 5.75 Å². The number of methoxy groups -OCH3 is 1. The average molecular weight is 661 g/mol. The summed E-state index contributed by atoms with van der Waals surface area (Å²) in [6.07, 6.45) is 4.53. The molecule has 2 aliphatic rings. The van der Waals surface area contributed by atoms with Gasteiger partial charge in [-0.3, -0.25) is 4.90 Å². The van der Waals surface area contributed by atoms with E-state index in [2.05, 4.69) is 23.6 Å². The number of rotatable bonds is 11. The Morgan fingerprint density at radius 2 is 1.87 bits per heavy atom. The van der Waals surface area contributed by atoms with Crippen molar-refractivity contribution >= 4 is 21.5 Å². The minimum absolute atomic E-state index is 0.0287. The summed E-state index contributed by atoms with van der Waals surface area (Å²) in [6.45, 7) is 8.90. The Morgan fingerprint density at radius 1 is 1.13 bits per heavy atom. The van der Waals surface area contributed by atoms with Crippen LogP contribution in [-0.4, -0.2) is 57.5 Å². The molecule has 0 spiro atoms. The molecule has 1 aromatic heterocycles. The number of halogens is 1. The standard InChI is InChI=1S/C29H35IN5O3S/c1-29(2,22-9-10-22)35-15-13-34(14-16-35)28-32-18-25(39-24-11-7-21(8-12-24)26(36)30-31)27(33-28)38-19-20-5-4-6-23(17-20)37-3/h4-8,11-12,17-18,22H,9-10,13-16,19,31H2,1-3H3/q-1. The normalized spacial score (nSPS) is 16.4. The zero-order chi connectivity index (χ0) is 27.4. The Kier molecular flexibility index (Phi) is 8.95. The van der Waals surface area contributed by atoms with Crippen molar-refractivity contribution in [2.45, 2.75) is 48.6 Å². The van der Waals surface area contributed by atoms with Gasteiger partial charge in [0.25, 0.3) is 0 Å². The number of carbonyl (C=O) groups excluding carboxylic acids is 1. The predicted octanol–water partition coefficient (Wildman–Crippen LogP) is 1.63. The van der Waals surface area contributed by atoms with Crippen LogP contribution in [0, 0.1) is 5.92 Å². The SMILES string of the molecule is COc1cccc(COc2nc(N3CCN(C(C)(C)C4CC4)CC3)ncc2Sc2ccc(C(=O)[I-]N)cc2)c1. The van der Waals surface area contributed by atoms with Gasteiger partial charge in [-0.2, -0.15) is 0 Å². The van der Waals surface area contributed by atoms with Gasteiger partial charge < -0.3 is 4.74 Å². The van der Waals surface area contributed by atoms with Gasteiger partial charge in [0.15, 0.2) is 0 Å². The van der Waals surface area contributed by atoms with Gasteiger partial charge >= 0.3 is 160 Å². The summed E-state index contributed by atoms with van der Waals surface area (Å²) in [7, 11) is 1.66. The fraction of sp³-hybridized carbons (Fsp3) is 0.414. The van der Waals surface area contributed by atoms with Gasteiger partial charge in [-0.25, -0.2) is 0 Å². The topological polar surface area (TPSA) is 93.8 Å². The first-order valence-corrected chi connectivity index (χ1v) is 16.3. The first-order chi connectivity index (χ1) is 18.9. The molecule has 1 aliphatic heterocycles. The van der Waals surface area contributed by atoms with Crippen molar-refractivity contribution < 1.29 is 35.7 Å². The zero-order valence-electron chi connectivity index (χ0n) is 22.6. The van der Waals surface area contributed by atoms with Crippen LogP contribution in [0.15, 0.2) is 64.5 Å². The quantitative estimate of drug-likeness (QED) is 0.187. The number of aromatic nitrogens is 2. The third kappa shape index (κ3) is 6.85. The Bertz CT molecular complexity index is 1290. The van der Waals surface area contributed by atoms with Crippen molar-refractivity contribution in [2.24, 2.45) is 9.86 Å². The molecule has 0 radical (unpaired) electrons. The van der Waals surface area contributed by atoms with Crippen LogP contribution in [0.1, 0.15) is 42.6 Å². The van der Waals surface area contributed by atoms with Crippen LogP contribution < -0.4 is 39.8 Å². The molecule has 39 heavy (non-hydrogen) atoms. The molecule has 3 aromatic rings. The van der Waals surface area contributed by atoms with Gasteiger partial charge in [0.2, 0.25) is 0 Å². The second-order valence-electron chi connectivity index (χ2n) is 10.4. The van der Waals surface area contributed by atoms with Crippen LogP contribution >= 0.6 is 11.8 Å². The number of nitrogens with two attached hydrogens (primary N) is 1. The van der Waals surface area contributed by atoms with Crippen molar-refractivity contribution in [3.63, 3.8) is 0 Å². The van der Waals surface area contributed by atoms with Crippen molar-refractivity contribution in [3.05, 3.63) is 65.9 Å². The molecule has 0 unspecified atom stereocenters. The number of ether oxygens (including phenoxy) is 2. The summed E-state index contributed by atoms with van der Waals surface area (Å²) >= 11 is 0.566. The molecule has 0 amide bonds. The molecule has 1 saturated heterocycles. The summed E-state index contributed by atoms with van der Waals surface area (Å²) in [5.74, 6) is 2.84. The fourth-order valence-electron chi connectivity index (χ4n) is 4.96. The van der Waals surface area contributed by atoms with Gasteiger partial charge in [0, 0.05) is 18.6 Å². The van der Waals surface area contributed by atoms with E-state index in [1.165, 1.54) is 24.6 Å². The average Bonchev–Trinajstić information content (AvgIpc) is 3.83. The maximum atomic E-state index is 12.0. The molecular formula is C29H35IN5O3S-. The third-order valence-electron chi connectivity index (χ3n) is 7.58. The molecule has 2 fully saturated rings. The third-order valence-corrected chi connectivity index (χ3v) is 9.78. The fourth-order valence-corrected chi connectivity index (χ4v) is 6.50. The molecule has 8 nitrogen and oxygen atoms in total. The molecule has 1 saturated carbocycles. The maximum absolute atomic E-state index is 12.0. The summed E-state index contributed by atoms with van der Waals surface area (Å²) in [5, 5.41) is 0. The zero-order valence-corrected chi connectivity index (χ0v) is 25.6. The molecule has 2 aromatic carbocycles. The number of hydrogen-bond acceptors (Lipinski definition) is 9. The van der Waals surface area contributed by atoms with Crippen molar-refractivity contribution in [1.82, 2.24) is 14.9 Å². The first kappa shape index (κ1) is 28.1. The van der Waals surface area contributed by atoms with Gasteiger partial charge in [-0.1, -0.05) is 6.07 Å². The van der Waals surface area contributed by atoms with E-state index in [9.17, 15) is 4.79 Å². The number of benzene rings is 2. The van der Waals surface area contributed by atoms with Gasteiger partial charge in [-0.05, 0) is 38.7 Å². The van der Waals surface area contributed by atoms with Crippen LogP contribution in [0.4, 0.5) is 5.95 Å². The van der Waals surface area contributed by atoms with Crippen LogP contribution in [0.25, 0.3) is 0 Å². The van der Waals surface area contributed by atoms with Crippen LogP contribution in [-0.2, 0) is 6.61 Å². The number of hydrogen-bond donors (Lipinski definition) is 1. The number of carbonyl (C=O) groups is 1. The predicted molar refractivity (Wildman–Crippen MR) is 149 cm³/mol. The molecule has 1 aliphatic carbocycles. The van der Waals surface area contributed by atoms with E-state index in [-0.39, 0.29) is 9.33 Å². The van der Waals surface area contributed by atoms with Crippen molar-refractivity contribution in [3.8, 4) is 11.6 Å². The summed E-state index contributed by atoms with van der Waals surface area (Å²) in [4.78, 5) is 28.3. The Balaban J connectivity index is 1.34. The molecule has 2 N–H and O–H groups in total. The number of nitrogens with zero attached hydrogens (tertiary/aromatic N) is 4. The summed E-state index contributed by atoms with van der Waals surface area (Å²) in [5.41, 5.74) is 1.90. The van der Waals surface area contributed by atoms with Crippen molar-refractivity contribution in [2.75, 3.05) is 38.2 Å². The van der Waals surface area contributed by atoms with Crippen LogP contribution in [0.3, 0.4) is 0 Å². The second-order valence-corrected chi connectivity index (χ2v) is 13.1. The summed E-state index contributed by atoms with van der Waals surface area (Å²) < 4.78 is 17.3. The first-order valence-electron chi connectivity index (χ1n) is 13.2. The molecule has 5 rings (SSSR count). The number of anilines is 1. The minimum atomic E-state index is -0.953. The van der Waals surface area contributed by atoms with E-state index in [0.29, 0.717) is 24.0 Å². The van der Waals surface area contributed by atoms with Gasteiger partial charge in [0.05, 0.1) is 7.11 Å². The second kappa shape index (κ2) is 12.4. The molecule has 208 valence electrons. The van der Waals surface area contributed by atoms with E-state index in [1.54, 1.807) is 7.11 Å². The monoisotopic (exact) mass is 660 g/mol. The Labute approximate surface area is 245 Å². The molecule has 10 heteroatoms. The summed E-state index contributed by atoms with van der Waals surface area (Å²) in [6, 6.07) is 15.3. The van der Waals surface area contributed by atoms with E-state index >= 15 is 0 Å². The van der Waals surface area contributed by atoms with E-state index in [0.717, 1.165) is 53.2 Å². The number of piperazine rings is 1. The van der Waals surface area contributed by atoms with Crippen LogP contribution in [0.5, 0.6) is 11.6 Å². The Morgan fingerprint density at radius 3 is 2.54 bits per heavy atom.